The fourth-order valence-corrected chi connectivity index (χ4v) is 6.18. The van der Waals surface area contributed by atoms with Crippen LogP contribution in [0.25, 0.3) is 11.1 Å². The zero-order chi connectivity index (χ0) is 25.6. The van der Waals surface area contributed by atoms with Crippen LogP contribution in [-0.4, -0.2) is 51.0 Å². The average Bonchev–Trinajstić information content (AvgIpc) is 3.59. The van der Waals surface area contributed by atoms with E-state index in [4.69, 9.17) is 9.47 Å². The number of anilines is 1. The lowest BCUT2D eigenvalue weighted by Gasteiger charge is -2.25. The van der Waals surface area contributed by atoms with E-state index in [1.165, 1.54) is 4.31 Å². The van der Waals surface area contributed by atoms with Crippen molar-refractivity contribution in [2.24, 2.45) is 0 Å². The first kappa shape index (κ1) is 23.5. The van der Waals surface area contributed by atoms with Crippen LogP contribution in [-0.2, 0) is 25.0 Å². The molecule has 0 bridgehead atoms. The van der Waals surface area contributed by atoms with Crippen molar-refractivity contribution in [3.8, 4) is 22.6 Å². The van der Waals surface area contributed by atoms with Crippen LogP contribution in [0, 0.1) is 0 Å². The van der Waals surface area contributed by atoms with Gasteiger partial charge in [0.25, 0.3) is 0 Å². The standard InChI is InChI=1S/C27H25N3O6S.H2/c31-25-16-30(13-12-28-25)37(33,34)22-7-4-18(5-8-22)19-2-1-3-21(14-19)29-26(32)27(10-11-27)20-6-9-23-24(15-20)36-17-35-23;/h1-9,14-15H,10-13,16-17H2,(H,28,31)(H,29,32);1H. The molecule has 0 spiro atoms. The number of hydrogen-bond donors (Lipinski definition) is 2. The lowest BCUT2D eigenvalue weighted by Crippen LogP contribution is -2.49. The first-order chi connectivity index (χ1) is 17.8. The predicted molar refractivity (Wildman–Crippen MR) is 138 cm³/mol. The third-order valence-corrected chi connectivity index (χ3v) is 8.92. The fourth-order valence-electron chi connectivity index (χ4n) is 4.78. The number of fused-ring (bicyclic) bond motifs is 1. The molecular formula is C27H27N3O6S. The van der Waals surface area contributed by atoms with Crippen molar-refractivity contribution in [2.75, 3.05) is 31.7 Å². The van der Waals surface area contributed by atoms with Crippen molar-refractivity contribution in [1.82, 2.24) is 9.62 Å². The van der Waals surface area contributed by atoms with Gasteiger partial charge >= 0.3 is 0 Å². The van der Waals surface area contributed by atoms with Gasteiger partial charge in [-0.3, -0.25) is 9.59 Å². The van der Waals surface area contributed by atoms with Crippen LogP contribution in [0.3, 0.4) is 0 Å². The summed E-state index contributed by atoms with van der Waals surface area (Å²) >= 11 is 0. The Morgan fingerprint density at radius 3 is 2.51 bits per heavy atom. The summed E-state index contributed by atoms with van der Waals surface area (Å²) in [4.78, 5) is 25.1. The molecule has 2 heterocycles. The lowest BCUT2D eigenvalue weighted by atomic mass is 9.94. The number of ether oxygens (including phenoxy) is 2. The molecule has 3 aliphatic rings. The quantitative estimate of drug-likeness (QED) is 0.515. The molecule has 2 aliphatic heterocycles. The van der Waals surface area contributed by atoms with Crippen molar-refractivity contribution in [1.29, 1.82) is 0 Å². The molecule has 0 atom stereocenters. The first-order valence-corrected chi connectivity index (χ1v) is 13.5. The molecule has 37 heavy (non-hydrogen) atoms. The van der Waals surface area contributed by atoms with E-state index in [0.29, 0.717) is 23.7 Å². The van der Waals surface area contributed by atoms with Gasteiger partial charge in [0, 0.05) is 20.2 Å². The highest BCUT2D eigenvalue weighted by molar-refractivity contribution is 7.89. The van der Waals surface area contributed by atoms with Crippen LogP contribution in [0.15, 0.2) is 71.6 Å². The van der Waals surface area contributed by atoms with Crippen LogP contribution < -0.4 is 20.1 Å². The largest absolute Gasteiger partial charge is 0.454 e. The van der Waals surface area contributed by atoms with E-state index in [9.17, 15) is 18.0 Å². The minimum Gasteiger partial charge on any atom is -0.454 e. The minimum atomic E-state index is -3.76. The van der Waals surface area contributed by atoms with E-state index in [2.05, 4.69) is 10.6 Å². The van der Waals surface area contributed by atoms with Gasteiger partial charge in [-0.1, -0.05) is 30.3 Å². The fraction of sp³-hybridized carbons (Fsp3) is 0.259. The number of piperazine rings is 1. The minimum absolute atomic E-state index is 0. The SMILES string of the molecule is O=C1CN(S(=O)(=O)c2ccc(-c3cccc(NC(=O)C4(c5ccc6c(c5)OCO6)CC4)c3)cc2)CCN1.[HH]. The molecule has 1 aliphatic carbocycles. The molecule has 3 aromatic rings. The first-order valence-electron chi connectivity index (χ1n) is 12.0. The number of sulfonamides is 1. The molecule has 2 fully saturated rings. The second kappa shape index (κ2) is 8.89. The Labute approximate surface area is 215 Å². The van der Waals surface area contributed by atoms with Crippen LogP contribution >= 0.6 is 0 Å². The maximum Gasteiger partial charge on any atom is 0.243 e. The Hall–Kier alpha value is -3.89. The molecule has 1 saturated carbocycles. The zero-order valence-electron chi connectivity index (χ0n) is 19.9. The van der Waals surface area contributed by atoms with E-state index >= 15 is 0 Å². The Morgan fingerprint density at radius 1 is 0.973 bits per heavy atom. The maximum atomic E-state index is 13.3. The summed E-state index contributed by atoms with van der Waals surface area (Å²) in [7, 11) is -3.76. The Balaban J connectivity index is 0.00000294. The van der Waals surface area contributed by atoms with Crippen LogP contribution in [0.4, 0.5) is 5.69 Å². The van der Waals surface area contributed by atoms with E-state index in [0.717, 1.165) is 29.5 Å². The summed E-state index contributed by atoms with van der Waals surface area (Å²) in [5.41, 5.74) is 2.63. The number of nitrogens with zero attached hydrogens (tertiary/aromatic N) is 1. The lowest BCUT2D eigenvalue weighted by molar-refractivity contribution is -0.122. The summed E-state index contributed by atoms with van der Waals surface area (Å²) in [6.45, 7) is 0.544. The molecule has 192 valence electrons. The van der Waals surface area contributed by atoms with Crippen molar-refractivity contribution < 1.29 is 28.9 Å². The number of nitrogens with one attached hydrogen (secondary N) is 2. The topological polar surface area (TPSA) is 114 Å². The Kier molecular flexibility index (Phi) is 5.65. The highest BCUT2D eigenvalue weighted by atomic mass is 32.2. The average molecular weight is 522 g/mol. The highest BCUT2D eigenvalue weighted by Crippen LogP contribution is 2.51. The van der Waals surface area contributed by atoms with Crippen LogP contribution in [0.1, 0.15) is 19.8 Å². The smallest absolute Gasteiger partial charge is 0.243 e. The predicted octanol–water partition coefficient (Wildman–Crippen LogP) is 3.12. The molecule has 10 heteroatoms. The molecular weight excluding hydrogens is 494 g/mol. The van der Waals surface area contributed by atoms with Gasteiger partial charge < -0.3 is 20.1 Å². The second-order valence-corrected chi connectivity index (χ2v) is 11.3. The maximum absolute atomic E-state index is 13.3. The number of amides is 2. The van der Waals surface area contributed by atoms with Crippen molar-refractivity contribution in [2.45, 2.75) is 23.2 Å². The number of rotatable bonds is 6. The third kappa shape index (κ3) is 4.32. The van der Waals surface area contributed by atoms with Crippen molar-refractivity contribution >= 4 is 27.5 Å². The Bertz CT molecular complexity index is 1510. The molecule has 0 radical (unpaired) electrons. The monoisotopic (exact) mass is 521 g/mol. The summed E-state index contributed by atoms with van der Waals surface area (Å²) in [5.74, 6) is 0.966. The van der Waals surface area contributed by atoms with Gasteiger partial charge in [0.05, 0.1) is 16.9 Å². The van der Waals surface area contributed by atoms with E-state index < -0.39 is 15.4 Å². The third-order valence-electron chi connectivity index (χ3n) is 7.06. The molecule has 0 aromatic heterocycles. The Morgan fingerprint density at radius 2 is 1.76 bits per heavy atom. The van der Waals surface area contributed by atoms with Crippen molar-refractivity contribution in [3.63, 3.8) is 0 Å². The molecule has 2 amide bonds. The molecule has 1 saturated heterocycles. The second-order valence-electron chi connectivity index (χ2n) is 9.40. The number of benzene rings is 3. The van der Waals surface area contributed by atoms with Crippen molar-refractivity contribution in [3.05, 3.63) is 72.3 Å². The number of carbonyl (C=O) groups is 2. The molecule has 2 N–H and O–H groups in total. The van der Waals surface area contributed by atoms with E-state index in [1.807, 2.05) is 42.5 Å². The molecule has 9 nitrogen and oxygen atoms in total. The van der Waals surface area contributed by atoms with Gasteiger partial charge in [0.2, 0.25) is 28.6 Å². The van der Waals surface area contributed by atoms with Gasteiger partial charge in [-0.15, -0.1) is 0 Å². The molecule has 3 aromatic carbocycles. The zero-order valence-corrected chi connectivity index (χ0v) is 20.7. The summed E-state index contributed by atoms with van der Waals surface area (Å²) in [6, 6.07) is 19.6. The molecule has 6 rings (SSSR count). The van der Waals surface area contributed by atoms with E-state index in [1.54, 1.807) is 24.3 Å². The van der Waals surface area contributed by atoms with Gasteiger partial charge in [-0.2, -0.15) is 4.31 Å². The normalized spacial score (nSPS) is 18.2. The van der Waals surface area contributed by atoms with Gasteiger partial charge in [0.15, 0.2) is 11.5 Å². The van der Waals surface area contributed by atoms with Gasteiger partial charge in [0.1, 0.15) is 0 Å². The number of hydrogen-bond acceptors (Lipinski definition) is 6. The number of carbonyl (C=O) groups excluding carboxylic acids is 2. The summed E-state index contributed by atoms with van der Waals surface area (Å²) in [6.07, 6.45) is 1.51. The van der Waals surface area contributed by atoms with Crippen LogP contribution in [0.5, 0.6) is 11.5 Å². The molecule has 0 unspecified atom stereocenters. The summed E-state index contributed by atoms with van der Waals surface area (Å²) in [5, 5.41) is 5.68. The van der Waals surface area contributed by atoms with Crippen LogP contribution in [0.2, 0.25) is 0 Å². The van der Waals surface area contributed by atoms with E-state index in [-0.39, 0.29) is 38.0 Å². The summed E-state index contributed by atoms with van der Waals surface area (Å²) < 4.78 is 37.9. The van der Waals surface area contributed by atoms with Gasteiger partial charge in [-0.05, 0) is 65.9 Å². The van der Waals surface area contributed by atoms with Gasteiger partial charge in [-0.25, -0.2) is 8.42 Å². The highest BCUT2D eigenvalue weighted by Gasteiger charge is 2.51.